The molecule has 0 radical (unpaired) electrons. The van der Waals surface area contributed by atoms with E-state index in [0.717, 1.165) is 0 Å². The molecular weight excluding hydrogens is 157 g/mol. The molecule has 0 aliphatic heterocycles. The number of hydrogen-bond donors (Lipinski definition) is 0. The second kappa shape index (κ2) is 3.01. The van der Waals surface area contributed by atoms with Gasteiger partial charge in [-0.15, -0.1) is 0 Å². The Morgan fingerprint density at radius 3 is 2.75 bits per heavy atom. The van der Waals surface area contributed by atoms with E-state index in [0.29, 0.717) is 11.8 Å². The molecule has 0 bridgehead atoms. The Labute approximate surface area is 70.4 Å². The highest BCUT2D eigenvalue weighted by atomic mass is 19.1. The van der Waals surface area contributed by atoms with Crippen LogP contribution < -0.4 is 0 Å². The minimum atomic E-state index is -0.793. The van der Waals surface area contributed by atoms with Crippen molar-refractivity contribution in [2.24, 2.45) is 0 Å². The highest BCUT2D eigenvalue weighted by molar-refractivity contribution is 5.66. The van der Waals surface area contributed by atoms with Crippen LogP contribution >= 0.6 is 0 Å². The maximum Gasteiger partial charge on any atom is 0.217 e. The summed E-state index contributed by atoms with van der Waals surface area (Å²) >= 11 is 0. The Hall–Kier alpha value is -1.25. The topological polar surface area (TPSA) is 30.0 Å². The van der Waals surface area contributed by atoms with E-state index in [-0.39, 0.29) is 0 Å². The Morgan fingerprint density at radius 2 is 2.25 bits per heavy atom. The maximum absolute atomic E-state index is 13.0. The Balaban J connectivity index is 3.19. The van der Waals surface area contributed by atoms with Gasteiger partial charge in [0.2, 0.25) is 5.95 Å². The van der Waals surface area contributed by atoms with Crippen LogP contribution in [0.3, 0.4) is 0 Å². The van der Waals surface area contributed by atoms with Crippen LogP contribution in [0.25, 0.3) is 0 Å². The summed E-state index contributed by atoms with van der Waals surface area (Å²) in [5.74, 6) is -0.574. The lowest BCUT2D eigenvalue weighted by molar-refractivity contribution is -0.111. The van der Waals surface area contributed by atoms with Gasteiger partial charge in [-0.25, -0.2) is 4.98 Å². The zero-order valence-corrected chi connectivity index (χ0v) is 7.04. The van der Waals surface area contributed by atoms with Crippen molar-refractivity contribution < 1.29 is 9.18 Å². The minimum Gasteiger partial charge on any atom is -0.302 e. The van der Waals surface area contributed by atoms with Crippen molar-refractivity contribution in [3.05, 3.63) is 29.8 Å². The predicted octanol–water partition coefficient (Wildman–Crippen LogP) is 1.70. The summed E-state index contributed by atoms with van der Waals surface area (Å²) in [5, 5.41) is 0. The second-order valence-electron chi connectivity index (χ2n) is 3.18. The monoisotopic (exact) mass is 167 g/mol. The molecule has 0 N–H and O–H groups in total. The van der Waals surface area contributed by atoms with Crippen molar-refractivity contribution in [2.45, 2.75) is 19.3 Å². The van der Waals surface area contributed by atoms with Gasteiger partial charge in [0.25, 0.3) is 0 Å². The highest BCUT2D eigenvalue weighted by Crippen LogP contribution is 2.21. The van der Waals surface area contributed by atoms with Crippen molar-refractivity contribution in [1.82, 2.24) is 4.98 Å². The maximum atomic E-state index is 13.0. The number of halogens is 1. The van der Waals surface area contributed by atoms with Gasteiger partial charge < -0.3 is 4.79 Å². The van der Waals surface area contributed by atoms with E-state index < -0.39 is 11.4 Å². The molecule has 0 unspecified atom stereocenters. The number of hydrogen-bond acceptors (Lipinski definition) is 2. The average Bonchev–Trinajstić information content (AvgIpc) is 2.05. The van der Waals surface area contributed by atoms with Crippen LogP contribution in [0, 0.1) is 5.95 Å². The van der Waals surface area contributed by atoms with Gasteiger partial charge in [0.15, 0.2) is 0 Å². The molecule has 3 heteroatoms. The first-order valence-electron chi connectivity index (χ1n) is 3.65. The fourth-order valence-electron chi connectivity index (χ4n) is 0.930. The van der Waals surface area contributed by atoms with Crippen molar-refractivity contribution in [3.63, 3.8) is 0 Å². The van der Waals surface area contributed by atoms with E-state index >= 15 is 0 Å². The van der Waals surface area contributed by atoms with E-state index in [1.807, 2.05) is 0 Å². The number of carbonyl (C=O) groups is 1. The molecule has 1 aromatic heterocycles. The van der Waals surface area contributed by atoms with Crippen LogP contribution in [0.2, 0.25) is 0 Å². The van der Waals surface area contributed by atoms with E-state index in [2.05, 4.69) is 4.98 Å². The SMILES string of the molecule is CC(C)(C=O)c1cccnc1F. The number of aromatic nitrogens is 1. The number of nitrogens with zero attached hydrogens (tertiary/aromatic N) is 1. The third kappa shape index (κ3) is 1.49. The van der Waals surface area contributed by atoms with Crippen LogP contribution in [0.15, 0.2) is 18.3 Å². The molecule has 0 aliphatic carbocycles. The third-order valence-corrected chi connectivity index (χ3v) is 1.75. The van der Waals surface area contributed by atoms with Gasteiger partial charge in [0.1, 0.15) is 6.29 Å². The second-order valence-corrected chi connectivity index (χ2v) is 3.18. The fraction of sp³-hybridized carbons (Fsp3) is 0.333. The summed E-state index contributed by atoms with van der Waals surface area (Å²) < 4.78 is 13.0. The molecule has 2 nitrogen and oxygen atoms in total. The van der Waals surface area contributed by atoms with E-state index in [1.54, 1.807) is 26.0 Å². The first kappa shape index (κ1) is 8.84. The molecule has 1 rings (SSSR count). The van der Waals surface area contributed by atoms with Crippen molar-refractivity contribution in [1.29, 1.82) is 0 Å². The average molecular weight is 167 g/mol. The summed E-state index contributed by atoms with van der Waals surface area (Å²) in [5.41, 5.74) is -0.460. The molecule has 0 aromatic carbocycles. The molecule has 1 aromatic rings. The van der Waals surface area contributed by atoms with Crippen LogP contribution in [0.5, 0.6) is 0 Å². The summed E-state index contributed by atoms with van der Waals surface area (Å²) in [6, 6.07) is 3.18. The van der Waals surface area contributed by atoms with Gasteiger partial charge in [-0.1, -0.05) is 6.07 Å². The zero-order chi connectivity index (χ0) is 9.19. The third-order valence-electron chi connectivity index (χ3n) is 1.75. The van der Waals surface area contributed by atoms with E-state index in [1.165, 1.54) is 6.20 Å². The lowest BCUT2D eigenvalue weighted by atomic mass is 9.87. The number of aldehydes is 1. The number of rotatable bonds is 2. The Morgan fingerprint density at radius 1 is 1.58 bits per heavy atom. The molecule has 0 aliphatic rings. The first-order chi connectivity index (χ1) is 5.58. The van der Waals surface area contributed by atoms with Gasteiger partial charge >= 0.3 is 0 Å². The quantitative estimate of drug-likeness (QED) is 0.495. The van der Waals surface area contributed by atoms with Crippen LogP contribution in [0.4, 0.5) is 4.39 Å². The summed E-state index contributed by atoms with van der Waals surface area (Å²) in [7, 11) is 0. The Kier molecular flexibility index (Phi) is 2.22. The summed E-state index contributed by atoms with van der Waals surface area (Å²) in [6.45, 7) is 3.31. The zero-order valence-electron chi connectivity index (χ0n) is 7.04. The summed E-state index contributed by atoms with van der Waals surface area (Å²) in [6.07, 6.45) is 2.08. The normalized spacial score (nSPS) is 11.2. The van der Waals surface area contributed by atoms with Gasteiger partial charge in [-0.05, 0) is 19.9 Å². The molecule has 0 fully saturated rings. The van der Waals surface area contributed by atoms with E-state index in [4.69, 9.17) is 0 Å². The van der Waals surface area contributed by atoms with Crippen molar-refractivity contribution in [3.8, 4) is 0 Å². The lowest BCUT2D eigenvalue weighted by Crippen LogP contribution is -2.20. The first-order valence-corrected chi connectivity index (χ1v) is 3.65. The molecule has 1 heterocycles. The molecule has 0 atom stereocenters. The van der Waals surface area contributed by atoms with Gasteiger partial charge in [-0.3, -0.25) is 0 Å². The Bertz CT molecular complexity index is 296. The van der Waals surface area contributed by atoms with E-state index in [9.17, 15) is 9.18 Å². The molecule has 0 amide bonds. The summed E-state index contributed by atoms with van der Waals surface area (Å²) in [4.78, 5) is 14.1. The molecule has 0 saturated carbocycles. The van der Waals surface area contributed by atoms with Crippen LogP contribution in [-0.2, 0) is 10.2 Å². The van der Waals surface area contributed by atoms with Crippen molar-refractivity contribution >= 4 is 6.29 Å². The fourth-order valence-corrected chi connectivity index (χ4v) is 0.930. The van der Waals surface area contributed by atoms with Gasteiger partial charge in [0, 0.05) is 17.2 Å². The predicted molar refractivity (Wildman–Crippen MR) is 43.3 cm³/mol. The molecule has 0 saturated heterocycles. The number of carbonyl (C=O) groups excluding carboxylic acids is 1. The van der Waals surface area contributed by atoms with Gasteiger partial charge in [0.05, 0.1) is 0 Å². The largest absolute Gasteiger partial charge is 0.302 e. The van der Waals surface area contributed by atoms with Crippen LogP contribution in [-0.4, -0.2) is 11.3 Å². The molecule has 0 spiro atoms. The van der Waals surface area contributed by atoms with Crippen LogP contribution in [0.1, 0.15) is 19.4 Å². The minimum absolute atomic E-state index is 0.333. The van der Waals surface area contributed by atoms with Crippen molar-refractivity contribution in [2.75, 3.05) is 0 Å². The number of pyridine rings is 1. The highest BCUT2D eigenvalue weighted by Gasteiger charge is 2.23. The molecule has 12 heavy (non-hydrogen) atoms. The molecular formula is C9H10FNO. The standard InChI is InChI=1S/C9H10FNO/c1-9(2,6-12)7-4-3-5-11-8(7)10/h3-6H,1-2H3. The molecule has 64 valence electrons. The lowest BCUT2D eigenvalue weighted by Gasteiger charge is -2.16. The smallest absolute Gasteiger partial charge is 0.217 e. The van der Waals surface area contributed by atoms with Gasteiger partial charge in [-0.2, -0.15) is 4.39 Å².